The first-order valence-electron chi connectivity index (χ1n) is 9.64. The van der Waals surface area contributed by atoms with Crippen LogP contribution in [0.1, 0.15) is 31.4 Å². The van der Waals surface area contributed by atoms with Gasteiger partial charge < -0.3 is 19.3 Å². The van der Waals surface area contributed by atoms with Crippen LogP contribution in [0.2, 0.25) is 0 Å². The normalized spacial score (nSPS) is 31.3. The number of benzene rings is 1. The Morgan fingerprint density at radius 3 is 2.70 bits per heavy atom. The third-order valence-corrected chi connectivity index (χ3v) is 6.92. The van der Waals surface area contributed by atoms with Gasteiger partial charge in [0.15, 0.2) is 17.3 Å². The summed E-state index contributed by atoms with van der Waals surface area (Å²) in [6.45, 7) is 4.67. The minimum atomic E-state index is -0.942. The molecule has 1 saturated heterocycles. The second-order valence-electron chi connectivity index (χ2n) is 8.74. The van der Waals surface area contributed by atoms with Gasteiger partial charge in [-0.05, 0) is 50.9 Å². The monoisotopic (exact) mass is 369 g/mol. The van der Waals surface area contributed by atoms with Crippen LogP contribution in [0, 0.1) is 5.92 Å². The van der Waals surface area contributed by atoms with Gasteiger partial charge in [0, 0.05) is 18.2 Å². The number of nitrogens with zero attached hydrogens (tertiary/aromatic N) is 1. The van der Waals surface area contributed by atoms with Crippen molar-refractivity contribution in [1.29, 1.82) is 0 Å². The van der Waals surface area contributed by atoms with E-state index in [0.29, 0.717) is 6.04 Å². The van der Waals surface area contributed by atoms with Gasteiger partial charge in [-0.2, -0.15) is 0 Å². The second-order valence-corrected chi connectivity index (χ2v) is 8.74. The first kappa shape index (κ1) is 17.1. The van der Waals surface area contributed by atoms with Gasteiger partial charge in [0.1, 0.15) is 5.76 Å². The molecule has 2 aliphatic heterocycles. The van der Waals surface area contributed by atoms with Crippen LogP contribution in [0.15, 0.2) is 35.3 Å². The molecule has 2 aliphatic carbocycles. The number of allylic oxidation sites excluding steroid dienone is 1. The van der Waals surface area contributed by atoms with Crippen LogP contribution in [-0.4, -0.2) is 49.5 Å². The number of rotatable bonds is 3. The summed E-state index contributed by atoms with van der Waals surface area (Å²) in [4.78, 5) is 2.43. The van der Waals surface area contributed by atoms with Crippen LogP contribution in [0.5, 0.6) is 11.5 Å². The fraction of sp³-hybridized carbons (Fsp3) is 0.545. The summed E-state index contributed by atoms with van der Waals surface area (Å²) in [5, 5.41) is 10.9. The second kappa shape index (κ2) is 5.30. The first-order chi connectivity index (χ1) is 12.8. The Labute approximate surface area is 160 Å². The quantitative estimate of drug-likeness (QED) is 0.831. The van der Waals surface area contributed by atoms with Crippen LogP contribution >= 0.6 is 0 Å². The molecule has 5 heteroatoms. The van der Waals surface area contributed by atoms with Crippen molar-refractivity contribution in [2.24, 2.45) is 5.92 Å². The van der Waals surface area contributed by atoms with Crippen LogP contribution in [-0.2, 0) is 16.6 Å². The van der Waals surface area contributed by atoms with Crippen molar-refractivity contribution < 1.29 is 19.3 Å². The Morgan fingerprint density at radius 2 is 2.04 bits per heavy atom. The molecule has 2 heterocycles. The van der Waals surface area contributed by atoms with Crippen LogP contribution in [0.25, 0.3) is 0 Å². The third-order valence-electron chi connectivity index (χ3n) is 6.92. The smallest absolute Gasteiger partial charge is 0.173 e. The maximum Gasteiger partial charge on any atom is 0.173 e. The molecule has 0 saturated carbocycles. The number of methoxy groups -OCH3 is 2. The van der Waals surface area contributed by atoms with Gasteiger partial charge in [-0.25, -0.2) is 0 Å². The highest BCUT2D eigenvalue weighted by Crippen LogP contribution is 2.64. The van der Waals surface area contributed by atoms with Gasteiger partial charge in [0.05, 0.1) is 31.2 Å². The minimum absolute atomic E-state index is 0.239. The molecular weight excluding hydrogens is 342 g/mol. The lowest BCUT2D eigenvalue weighted by molar-refractivity contribution is 0.0196. The largest absolute Gasteiger partial charge is 0.497 e. The molecule has 144 valence electrons. The molecule has 2 bridgehead atoms. The number of ether oxygens (including phenoxy) is 3. The van der Waals surface area contributed by atoms with Crippen molar-refractivity contribution in [3.63, 3.8) is 0 Å². The van der Waals surface area contributed by atoms with Gasteiger partial charge in [0.25, 0.3) is 0 Å². The van der Waals surface area contributed by atoms with Gasteiger partial charge in [-0.1, -0.05) is 12.1 Å². The van der Waals surface area contributed by atoms with Gasteiger partial charge in [-0.3, -0.25) is 4.90 Å². The maximum atomic E-state index is 10.9. The minimum Gasteiger partial charge on any atom is -0.497 e. The summed E-state index contributed by atoms with van der Waals surface area (Å²) in [7, 11) is 5.55. The summed E-state index contributed by atoms with van der Waals surface area (Å²) >= 11 is 0. The standard InChI is InChI=1S/C22H27NO4/c1-21(2,24)14-11-13-15-10-12-6-7-16(25-4)19-17(12)22(13,8-9-23(15)3)20(27-19)18(14)26-5/h6-7,11,14-15,24H,8-10H2,1-5H3/t14-,15+,22-/m0/s1. The highest BCUT2D eigenvalue weighted by Gasteiger charge is 2.61. The number of hydrogen-bond acceptors (Lipinski definition) is 5. The van der Waals surface area contributed by atoms with E-state index in [1.54, 1.807) is 14.2 Å². The number of aliphatic hydroxyl groups is 1. The van der Waals surface area contributed by atoms with E-state index in [0.717, 1.165) is 42.4 Å². The lowest BCUT2D eigenvalue weighted by Crippen LogP contribution is -2.56. The number of likely N-dealkylation sites (N-methyl/N-ethyl adjacent to an activating group) is 1. The number of likely N-dealkylation sites (tertiary alicyclic amines) is 1. The molecule has 1 N–H and O–H groups in total. The van der Waals surface area contributed by atoms with Crippen molar-refractivity contribution in [2.75, 3.05) is 27.8 Å². The predicted octanol–water partition coefficient (Wildman–Crippen LogP) is 2.77. The van der Waals surface area contributed by atoms with E-state index < -0.39 is 5.60 Å². The summed E-state index contributed by atoms with van der Waals surface area (Å²) in [5.74, 6) is 2.94. The molecule has 0 amide bonds. The Balaban J connectivity index is 1.86. The Bertz CT molecular complexity index is 894. The maximum absolute atomic E-state index is 10.9. The molecule has 3 atom stereocenters. The van der Waals surface area contributed by atoms with Crippen molar-refractivity contribution in [3.05, 3.63) is 46.4 Å². The first-order valence-corrected chi connectivity index (χ1v) is 9.64. The lowest BCUT2D eigenvalue weighted by Gasteiger charge is -2.52. The molecule has 1 aromatic rings. The summed E-state index contributed by atoms with van der Waals surface area (Å²) in [5.41, 5.74) is 2.69. The molecule has 0 radical (unpaired) electrons. The SMILES string of the molecule is COC1=C2Oc3c(OC)ccc4c3[C@@]23CCN(C)[C@H](C4)C3=C[C@@H]1C(C)(C)O. The number of piperidine rings is 1. The van der Waals surface area contributed by atoms with Gasteiger partial charge in [-0.15, -0.1) is 0 Å². The topological polar surface area (TPSA) is 51.2 Å². The Morgan fingerprint density at radius 1 is 1.26 bits per heavy atom. The fourth-order valence-electron chi connectivity index (χ4n) is 5.62. The molecule has 27 heavy (non-hydrogen) atoms. The van der Waals surface area contributed by atoms with E-state index in [-0.39, 0.29) is 11.3 Å². The average Bonchev–Trinajstić information content (AvgIpc) is 2.97. The zero-order valence-electron chi connectivity index (χ0n) is 16.6. The molecule has 4 aliphatic rings. The van der Waals surface area contributed by atoms with E-state index in [2.05, 4.69) is 24.1 Å². The van der Waals surface area contributed by atoms with Crippen molar-refractivity contribution >= 4 is 0 Å². The highest BCUT2D eigenvalue weighted by atomic mass is 16.5. The average molecular weight is 369 g/mol. The molecule has 1 spiro atoms. The van der Waals surface area contributed by atoms with Gasteiger partial charge >= 0.3 is 0 Å². The van der Waals surface area contributed by atoms with Crippen LogP contribution < -0.4 is 9.47 Å². The van der Waals surface area contributed by atoms with Crippen LogP contribution in [0.3, 0.4) is 0 Å². The Hall–Kier alpha value is -1.98. The molecule has 5 rings (SSSR count). The van der Waals surface area contributed by atoms with Crippen molar-refractivity contribution in [3.8, 4) is 11.5 Å². The predicted molar refractivity (Wildman–Crippen MR) is 102 cm³/mol. The number of hydrogen-bond donors (Lipinski definition) is 1. The molecule has 0 unspecified atom stereocenters. The zero-order valence-corrected chi connectivity index (χ0v) is 16.6. The van der Waals surface area contributed by atoms with Crippen molar-refractivity contribution in [1.82, 2.24) is 4.90 Å². The van der Waals surface area contributed by atoms with Gasteiger partial charge in [0.2, 0.25) is 0 Å². The third kappa shape index (κ3) is 1.96. The van der Waals surface area contributed by atoms with E-state index in [1.807, 2.05) is 19.9 Å². The molecule has 0 aromatic heterocycles. The van der Waals surface area contributed by atoms with E-state index >= 15 is 0 Å². The van der Waals surface area contributed by atoms with Crippen molar-refractivity contribution in [2.45, 2.75) is 43.7 Å². The van der Waals surface area contributed by atoms with E-state index in [9.17, 15) is 5.11 Å². The molecule has 1 fully saturated rings. The van der Waals surface area contributed by atoms with Crippen LogP contribution in [0.4, 0.5) is 0 Å². The molecule has 5 nitrogen and oxygen atoms in total. The fourth-order valence-corrected chi connectivity index (χ4v) is 5.62. The summed E-state index contributed by atoms with van der Waals surface area (Å²) < 4.78 is 18.0. The Kier molecular flexibility index (Phi) is 3.36. The molecule has 1 aromatic carbocycles. The zero-order chi connectivity index (χ0) is 19.1. The van der Waals surface area contributed by atoms with E-state index in [1.165, 1.54) is 16.7 Å². The lowest BCUT2D eigenvalue weighted by atomic mass is 9.57. The van der Waals surface area contributed by atoms with E-state index in [4.69, 9.17) is 14.2 Å². The molecular formula is C22H27NO4. The summed E-state index contributed by atoms with van der Waals surface area (Å²) in [6, 6.07) is 4.50. The summed E-state index contributed by atoms with van der Waals surface area (Å²) in [6.07, 6.45) is 4.15. The highest BCUT2D eigenvalue weighted by molar-refractivity contribution is 5.70.